The molecule has 1 saturated carbocycles. The first kappa shape index (κ1) is 30.1. The second kappa shape index (κ2) is 15.8. The zero-order valence-electron chi connectivity index (χ0n) is 23.0. The summed E-state index contributed by atoms with van der Waals surface area (Å²) < 4.78 is 12.6. The van der Waals surface area contributed by atoms with E-state index in [1.165, 1.54) is 59.6 Å². The van der Waals surface area contributed by atoms with Gasteiger partial charge in [0, 0.05) is 13.6 Å². The standard InChI is InChI=1S/C26H33N.C8H12FN/c1-4-21-12-13-25(18-27)26(17-21)24-7-5-6-22(16-24)10-8-19(2)14-23-11-9-20(3)15-23;1-4-6-8(10-3)7(9)5-2/h4-7,12-13,16-17,20,23H,1-2,8-11,14-15,18,27H2,3H3;4-6,10H,2H2,1,3H3/b;6-4-,8-7-. The van der Waals surface area contributed by atoms with E-state index < -0.39 is 0 Å². The Morgan fingerprint density at radius 2 is 1.95 bits per heavy atom. The maximum atomic E-state index is 12.6. The van der Waals surface area contributed by atoms with Crippen LogP contribution in [0.4, 0.5) is 4.39 Å². The van der Waals surface area contributed by atoms with Gasteiger partial charge >= 0.3 is 0 Å². The fourth-order valence-electron chi connectivity index (χ4n) is 4.96. The van der Waals surface area contributed by atoms with Crippen molar-refractivity contribution in [1.82, 2.24) is 5.32 Å². The number of nitrogens with one attached hydrogen (secondary N) is 1. The predicted octanol–water partition coefficient (Wildman–Crippen LogP) is 8.92. The van der Waals surface area contributed by atoms with Crippen LogP contribution in [0, 0.1) is 11.8 Å². The summed E-state index contributed by atoms with van der Waals surface area (Å²) in [6.07, 6.45) is 14.0. The minimum Gasteiger partial charge on any atom is -0.386 e. The highest BCUT2D eigenvalue weighted by molar-refractivity contribution is 5.71. The molecule has 2 unspecified atom stereocenters. The van der Waals surface area contributed by atoms with Crippen LogP contribution in [0.1, 0.15) is 62.6 Å². The molecule has 0 aromatic heterocycles. The van der Waals surface area contributed by atoms with E-state index in [0.29, 0.717) is 12.2 Å². The van der Waals surface area contributed by atoms with Gasteiger partial charge < -0.3 is 11.1 Å². The maximum Gasteiger partial charge on any atom is 0.145 e. The summed E-state index contributed by atoms with van der Waals surface area (Å²) in [5.41, 5.74) is 14.0. The Labute approximate surface area is 224 Å². The van der Waals surface area contributed by atoms with E-state index >= 15 is 0 Å². The van der Waals surface area contributed by atoms with E-state index in [1.54, 1.807) is 19.2 Å². The Hall–Kier alpha value is -3.17. The van der Waals surface area contributed by atoms with E-state index in [4.69, 9.17) is 5.73 Å². The van der Waals surface area contributed by atoms with E-state index in [0.717, 1.165) is 30.2 Å². The van der Waals surface area contributed by atoms with Crippen LogP contribution in [0.2, 0.25) is 0 Å². The summed E-state index contributed by atoms with van der Waals surface area (Å²) in [5, 5.41) is 2.70. The van der Waals surface area contributed by atoms with Gasteiger partial charge in [-0.2, -0.15) is 0 Å². The zero-order valence-corrected chi connectivity index (χ0v) is 23.0. The van der Waals surface area contributed by atoms with Gasteiger partial charge in [0.25, 0.3) is 0 Å². The Morgan fingerprint density at radius 3 is 2.54 bits per heavy atom. The first-order valence-corrected chi connectivity index (χ1v) is 13.4. The second-order valence-corrected chi connectivity index (χ2v) is 9.98. The van der Waals surface area contributed by atoms with Crippen molar-refractivity contribution in [2.75, 3.05) is 7.05 Å². The van der Waals surface area contributed by atoms with Crippen LogP contribution in [0.5, 0.6) is 0 Å². The molecule has 1 aliphatic rings. The van der Waals surface area contributed by atoms with Gasteiger partial charge in [-0.15, -0.1) is 0 Å². The fourth-order valence-corrected chi connectivity index (χ4v) is 4.96. The van der Waals surface area contributed by atoms with Gasteiger partial charge in [0.15, 0.2) is 0 Å². The summed E-state index contributed by atoms with van der Waals surface area (Å²) in [7, 11) is 1.67. The molecule has 2 aromatic carbocycles. The van der Waals surface area contributed by atoms with Gasteiger partial charge in [0.1, 0.15) is 5.83 Å². The molecule has 2 aromatic rings. The molecule has 3 heteroatoms. The first-order valence-electron chi connectivity index (χ1n) is 13.4. The molecule has 1 aliphatic carbocycles. The summed E-state index contributed by atoms with van der Waals surface area (Å²) in [4.78, 5) is 0. The average molecular weight is 501 g/mol. The molecule has 198 valence electrons. The number of likely N-dealkylation sites (N-methyl/N-ethyl adjacent to an activating group) is 1. The predicted molar refractivity (Wildman–Crippen MR) is 161 cm³/mol. The molecule has 3 rings (SSSR count). The molecule has 0 spiro atoms. The van der Waals surface area contributed by atoms with Crippen LogP contribution < -0.4 is 11.1 Å². The van der Waals surface area contributed by atoms with Crippen molar-refractivity contribution in [3.8, 4) is 11.1 Å². The van der Waals surface area contributed by atoms with Gasteiger partial charge in [0.2, 0.25) is 0 Å². The van der Waals surface area contributed by atoms with Crippen LogP contribution in [0.3, 0.4) is 0 Å². The normalized spacial score (nSPS) is 17.5. The number of benzene rings is 2. The van der Waals surface area contributed by atoms with Crippen molar-refractivity contribution < 1.29 is 4.39 Å². The van der Waals surface area contributed by atoms with Crippen molar-refractivity contribution in [2.24, 2.45) is 17.6 Å². The lowest BCUT2D eigenvalue weighted by atomic mass is 9.92. The number of hydrogen-bond donors (Lipinski definition) is 2. The minimum absolute atomic E-state index is 0.333. The molecule has 3 N–H and O–H groups in total. The molecule has 0 bridgehead atoms. The molecule has 2 atom stereocenters. The van der Waals surface area contributed by atoms with Crippen LogP contribution in [-0.4, -0.2) is 7.05 Å². The number of rotatable bonds is 11. The highest BCUT2D eigenvalue weighted by Crippen LogP contribution is 2.35. The van der Waals surface area contributed by atoms with Crippen LogP contribution in [0.15, 0.2) is 97.5 Å². The number of aryl methyl sites for hydroxylation is 1. The third kappa shape index (κ3) is 9.66. The van der Waals surface area contributed by atoms with Crippen molar-refractivity contribution in [2.45, 2.75) is 58.9 Å². The number of nitrogens with two attached hydrogens (primary N) is 1. The van der Waals surface area contributed by atoms with Crippen LogP contribution in [-0.2, 0) is 13.0 Å². The van der Waals surface area contributed by atoms with E-state index in [9.17, 15) is 4.39 Å². The van der Waals surface area contributed by atoms with Crippen LogP contribution in [0.25, 0.3) is 17.2 Å². The Bertz CT molecular complexity index is 1110. The number of halogens is 1. The zero-order chi connectivity index (χ0) is 27.2. The molecule has 0 amide bonds. The monoisotopic (exact) mass is 500 g/mol. The molecule has 2 nitrogen and oxygen atoms in total. The summed E-state index contributed by atoms with van der Waals surface area (Å²) in [5.74, 6) is 1.44. The summed E-state index contributed by atoms with van der Waals surface area (Å²) >= 11 is 0. The average Bonchev–Trinajstić information content (AvgIpc) is 3.34. The minimum atomic E-state index is -0.333. The van der Waals surface area contributed by atoms with Crippen molar-refractivity contribution >= 4 is 6.08 Å². The highest BCUT2D eigenvalue weighted by Gasteiger charge is 2.21. The maximum absolute atomic E-state index is 12.6. The Morgan fingerprint density at radius 1 is 1.16 bits per heavy atom. The van der Waals surface area contributed by atoms with Gasteiger partial charge in [-0.1, -0.05) is 87.2 Å². The van der Waals surface area contributed by atoms with E-state index in [-0.39, 0.29) is 5.83 Å². The van der Waals surface area contributed by atoms with Crippen molar-refractivity contribution in [1.29, 1.82) is 0 Å². The molecule has 37 heavy (non-hydrogen) atoms. The third-order valence-corrected chi connectivity index (χ3v) is 7.01. The van der Waals surface area contributed by atoms with Crippen LogP contribution >= 0.6 is 0 Å². The lowest BCUT2D eigenvalue weighted by Gasteiger charge is -2.13. The molecular formula is C34H45FN2. The molecule has 0 aliphatic heterocycles. The third-order valence-electron chi connectivity index (χ3n) is 7.01. The Kier molecular flexibility index (Phi) is 12.9. The molecular weight excluding hydrogens is 455 g/mol. The SMILES string of the molecule is C=C/C(F)=C(\C=C/C)NC.C=Cc1ccc(CN)c(-c2cccc(CCC(=C)CC3CCC(C)C3)c2)c1. The Balaban J connectivity index is 0.000000410. The first-order chi connectivity index (χ1) is 17.8. The summed E-state index contributed by atoms with van der Waals surface area (Å²) in [6.45, 7) is 16.3. The quantitative estimate of drug-likeness (QED) is 0.239. The lowest BCUT2D eigenvalue weighted by molar-refractivity contribution is 0.505. The topological polar surface area (TPSA) is 38.0 Å². The van der Waals surface area contributed by atoms with E-state index in [2.05, 4.69) is 74.4 Å². The smallest absolute Gasteiger partial charge is 0.145 e. The van der Waals surface area contributed by atoms with Gasteiger partial charge in [0.05, 0.1) is 5.70 Å². The molecule has 0 saturated heterocycles. The number of allylic oxidation sites excluding steroid dienone is 5. The summed E-state index contributed by atoms with van der Waals surface area (Å²) in [6, 6.07) is 15.3. The second-order valence-electron chi connectivity index (χ2n) is 9.98. The number of hydrogen-bond acceptors (Lipinski definition) is 2. The van der Waals surface area contributed by atoms with Crippen molar-refractivity contribution in [3.63, 3.8) is 0 Å². The van der Waals surface area contributed by atoms with Crippen molar-refractivity contribution in [3.05, 3.63) is 114 Å². The molecule has 1 fully saturated rings. The van der Waals surface area contributed by atoms with E-state index in [1.807, 2.05) is 13.0 Å². The van der Waals surface area contributed by atoms with Gasteiger partial charge in [-0.3, -0.25) is 0 Å². The van der Waals surface area contributed by atoms with Gasteiger partial charge in [-0.05, 0) is 96.9 Å². The molecule has 0 radical (unpaired) electrons. The fraction of sp³-hybridized carbons (Fsp3) is 0.353. The highest BCUT2D eigenvalue weighted by atomic mass is 19.1. The largest absolute Gasteiger partial charge is 0.386 e. The molecule has 0 heterocycles. The van der Waals surface area contributed by atoms with Gasteiger partial charge in [-0.25, -0.2) is 4.39 Å². The lowest BCUT2D eigenvalue weighted by Crippen LogP contribution is -2.04.